The number of hydrogen-bond acceptors (Lipinski definition) is 2. The van der Waals surface area contributed by atoms with Gasteiger partial charge in [-0.3, -0.25) is 4.79 Å². The van der Waals surface area contributed by atoms with E-state index in [1.54, 1.807) is 0 Å². The van der Waals surface area contributed by atoms with E-state index in [1.165, 1.54) is 12.8 Å². The summed E-state index contributed by atoms with van der Waals surface area (Å²) in [5.41, 5.74) is -0.728. The molecule has 2 saturated carbocycles. The zero-order valence-corrected chi connectivity index (χ0v) is 10.7. The molecule has 5 heteroatoms. The van der Waals surface area contributed by atoms with Gasteiger partial charge in [0.1, 0.15) is 0 Å². The van der Waals surface area contributed by atoms with E-state index < -0.39 is 11.4 Å². The predicted octanol–water partition coefficient (Wildman–Crippen LogP) is 1.73. The molecule has 2 amide bonds. The van der Waals surface area contributed by atoms with Gasteiger partial charge in [0.2, 0.25) is 0 Å². The topological polar surface area (TPSA) is 78.4 Å². The largest absolute Gasteiger partial charge is 0.481 e. The van der Waals surface area contributed by atoms with Gasteiger partial charge in [0.15, 0.2) is 0 Å². The van der Waals surface area contributed by atoms with Crippen molar-refractivity contribution in [3.05, 3.63) is 0 Å². The van der Waals surface area contributed by atoms with Crippen LogP contribution in [0.3, 0.4) is 0 Å². The Morgan fingerprint density at radius 2 is 1.83 bits per heavy atom. The lowest BCUT2D eigenvalue weighted by Crippen LogP contribution is -2.45. The van der Waals surface area contributed by atoms with Gasteiger partial charge in [-0.1, -0.05) is 25.7 Å². The van der Waals surface area contributed by atoms with Crippen molar-refractivity contribution in [2.45, 2.75) is 44.9 Å². The van der Waals surface area contributed by atoms with E-state index >= 15 is 0 Å². The van der Waals surface area contributed by atoms with Crippen LogP contribution in [-0.4, -0.2) is 30.2 Å². The molecule has 0 unspecified atom stereocenters. The van der Waals surface area contributed by atoms with Crippen LogP contribution in [0.25, 0.3) is 0 Å². The Balaban J connectivity index is 1.68. The van der Waals surface area contributed by atoms with Crippen LogP contribution in [0.15, 0.2) is 0 Å². The Labute approximate surface area is 107 Å². The van der Waals surface area contributed by atoms with Crippen molar-refractivity contribution in [2.75, 3.05) is 13.1 Å². The van der Waals surface area contributed by atoms with Gasteiger partial charge in [-0.2, -0.15) is 0 Å². The van der Waals surface area contributed by atoms with Gasteiger partial charge in [0.05, 0.1) is 5.41 Å². The number of carboxylic acid groups (broad SMARTS) is 1. The van der Waals surface area contributed by atoms with E-state index in [0.717, 1.165) is 25.2 Å². The molecule has 0 aromatic heterocycles. The fourth-order valence-electron chi connectivity index (χ4n) is 2.63. The van der Waals surface area contributed by atoms with E-state index in [1.807, 2.05) is 0 Å². The third kappa shape index (κ3) is 3.37. The standard InChI is InChI=1S/C13H22N2O3/c16-11(17)13(6-1-2-7-13)9-15-12(18)14-8-5-10-3-4-10/h10H,1-9H2,(H,16,17)(H2,14,15,18). The molecule has 0 aliphatic heterocycles. The molecule has 102 valence electrons. The number of carbonyl (C=O) groups is 2. The summed E-state index contributed by atoms with van der Waals surface area (Å²) in [5.74, 6) is 0.0174. The molecule has 5 nitrogen and oxygen atoms in total. The Hall–Kier alpha value is -1.26. The maximum atomic E-state index is 11.6. The summed E-state index contributed by atoms with van der Waals surface area (Å²) in [6.07, 6.45) is 6.83. The lowest BCUT2D eigenvalue weighted by molar-refractivity contribution is -0.148. The molecule has 0 aromatic rings. The van der Waals surface area contributed by atoms with Gasteiger partial charge < -0.3 is 15.7 Å². The minimum Gasteiger partial charge on any atom is -0.481 e. The highest BCUT2D eigenvalue weighted by Crippen LogP contribution is 2.37. The van der Waals surface area contributed by atoms with Crippen molar-refractivity contribution in [1.82, 2.24) is 10.6 Å². The normalized spacial score (nSPS) is 21.6. The number of amides is 2. The highest BCUT2D eigenvalue weighted by atomic mass is 16.4. The van der Waals surface area contributed by atoms with Gasteiger partial charge in [-0.25, -0.2) is 4.79 Å². The molecule has 3 N–H and O–H groups in total. The maximum absolute atomic E-state index is 11.6. The van der Waals surface area contributed by atoms with Crippen LogP contribution < -0.4 is 10.6 Å². The molecular weight excluding hydrogens is 232 g/mol. The Morgan fingerprint density at radius 3 is 2.39 bits per heavy atom. The smallest absolute Gasteiger partial charge is 0.314 e. The maximum Gasteiger partial charge on any atom is 0.314 e. The van der Waals surface area contributed by atoms with Crippen molar-refractivity contribution in [3.63, 3.8) is 0 Å². The van der Waals surface area contributed by atoms with E-state index in [0.29, 0.717) is 19.4 Å². The van der Waals surface area contributed by atoms with E-state index in [4.69, 9.17) is 0 Å². The third-order valence-electron chi connectivity index (χ3n) is 4.14. The van der Waals surface area contributed by atoms with Gasteiger partial charge in [-0.05, 0) is 25.2 Å². The van der Waals surface area contributed by atoms with Gasteiger partial charge >= 0.3 is 12.0 Å². The minimum atomic E-state index is -0.779. The van der Waals surface area contributed by atoms with Crippen molar-refractivity contribution in [1.29, 1.82) is 0 Å². The summed E-state index contributed by atoms with van der Waals surface area (Å²) in [6.45, 7) is 0.939. The van der Waals surface area contributed by atoms with Crippen molar-refractivity contribution >= 4 is 12.0 Å². The molecule has 0 heterocycles. The molecule has 0 bridgehead atoms. The summed E-state index contributed by atoms with van der Waals surface area (Å²) in [5, 5.41) is 14.8. The van der Waals surface area contributed by atoms with Gasteiger partial charge in [-0.15, -0.1) is 0 Å². The summed E-state index contributed by atoms with van der Waals surface area (Å²) in [6, 6.07) is -0.233. The average Bonchev–Trinajstić information content (AvgIpc) is 3.03. The first kappa shape index (κ1) is 13.2. The number of aliphatic carboxylic acids is 1. The molecule has 0 atom stereocenters. The van der Waals surface area contributed by atoms with E-state index in [9.17, 15) is 14.7 Å². The molecule has 0 aromatic carbocycles. The number of hydrogen-bond donors (Lipinski definition) is 3. The average molecular weight is 254 g/mol. The quantitative estimate of drug-likeness (QED) is 0.675. The first-order valence-electron chi connectivity index (χ1n) is 6.87. The summed E-state index contributed by atoms with van der Waals surface area (Å²) in [7, 11) is 0. The van der Waals surface area contributed by atoms with Crippen LogP contribution in [0.2, 0.25) is 0 Å². The molecule has 0 spiro atoms. The minimum absolute atomic E-state index is 0.233. The van der Waals surface area contributed by atoms with Crippen LogP contribution in [0.4, 0.5) is 4.79 Å². The Bertz CT molecular complexity index is 320. The van der Waals surface area contributed by atoms with Crippen molar-refractivity contribution < 1.29 is 14.7 Å². The van der Waals surface area contributed by atoms with Gasteiger partial charge in [0, 0.05) is 13.1 Å². The summed E-state index contributed by atoms with van der Waals surface area (Å²) < 4.78 is 0. The molecule has 18 heavy (non-hydrogen) atoms. The monoisotopic (exact) mass is 254 g/mol. The number of rotatable bonds is 6. The molecule has 0 saturated heterocycles. The second-order valence-electron chi connectivity index (χ2n) is 5.63. The third-order valence-corrected chi connectivity index (χ3v) is 4.14. The Morgan fingerprint density at radius 1 is 1.17 bits per heavy atom. The fraction of sp³-hybridized carbons (Fsp3) is 0.846. The summed E-state index contributed by atoms with van der Waals surface area (Å²) >= 11 is 0. The predicted molar refractivity (Wildman–Crippen MR) is 67.3 cm³/mol. The molecule has 2 aliphatic rings. The molecule has 2 rings (SSSR count). The number of nitrogens with one attached hydrogen (secondary N) is 2. The van der Waals surface area contributed by atoms with Crippen molar-refractivity contribution in [2.24, 2.45) is 11.3 Å². The van der Waals surface area contributed by atoms with Crippen LogP contribution in [-0.2, 0) is 4.79 Å². The second kappa shape index (κ2) is 5.59. The summed E-state index contributed by atoms with van der Waals surface area (Å²) in [4.78, 5) is 22.8. The molecular formula is C13H22N2O3. The SMILES string of the molecule is O=C(NCCC1CC1)NCC1(C(=O)O)CCCC1. The highest BCUT2D eigenvalue weighted by Gasteiger charge is 2.41. The van der Waals surface area contributed by atoms with Crippen LogP contribution >= 0.6 is 0 Å². The zero-order chi connectivity index (χ0) is 13.0. The lowest BCUT2D eigenvalue weighted by Gasteiger charge is -2.24. The lowest BCUT2D eigenvalue weighted by atomic mass is 9.86. The van der Waals surface area contributed by atoms with Crippen LogP contribution in [0.1, 0.15) is 44.9 Å². The molecule has 0 radical (unpaired) electrons. The zero-order valence-electron chi connectivity index (χ0n) is 10.7. The van der Waals surface area contributed by atoms with E-state index in [-0.39, 0.29) is 12.6 Å². The fourth-order valence-corrected chi connectivity index (χ4v) is 2.63. The second-order valence-corrected chi connectivity index (χ2v) is 5.63. The first-order valence-corrected chi connectivity index (χ1v) is 6.87. The first-order chi connectivity index (χ1) is 8.62. The van der Waals surface area contributed by atoms with Crippen LogP contribution in [0.5, 0.6) is 0 Å². The number of urea groups is 1. The van der Waals surface area contributed by atoms with E-state index in [2.05, 4.69) is 10.6 Å². The van der Waals surface area contributed by atoms with Crippen molar-refractivity contribution in [3.8, 4) is 0 Å². The number of carbonyl (C=O) groups excluding carboxylic acids is 1. The Kier molecular flexibility index (Phi) is 4.09. The number of carboxylic acids is 1. The van der Waals surface area contributed by atoms with Crippen LogP contribution in [0, 0.1) is 11.3 Å². The molecule has 2 aliphatic carbocycles. The highest BCUT2D eigenvalue weighted by molar-refractivity contribution is 5.78. The van der Waals surface area contributed by atoms with Gasteiger partial charge in [0.25, 0.3) is 0 Å². The molecule has 2 fully saturated rings.